The minimum Gasteiger partial charge on any atom is -0.301 e. The zero-order chi connectivity index (χ0) is 19.4. The van der Waals surface area contributed by atoms with Gasteiger partial charge in [-0.2, -0.15) is 0 Å². The lowest BCUT2D eigenvalue weighted by Crippen LogP contribution is -2.22. The summed E-state index contributed by atoms with van der Waals surface area (Å²) in [7, 11) is 0. The molecule has 2 heterocycles. The van der Waals surface area contributed by atoms with Gasteiger partial charge in [0.15, 0.2) is 16.1 Å². The predicted octanol–water partition coefficient (Wildman–Crippen LogP) is 4.32. The van der Waals surface area contributed by atoms with Crippen LogP contribution in [0, 0.1) is 13.8 Å². The number of anilines is 1. The topological polar surface area (TPSA) is 72.7 Å². The summed E-state index contributed by atoms with van der Waals surface area (Å²) in [6, 6.07) is 8.04. The molecule has 3 rings (SSSR count). The fourth-order valence-electron chi connectivity index (χ4n) is 2.52. The second kappa shape index (κ2) is 8.49. The molecule has 0 aliphatic carbocycles. The number of carbonyl (C=O) groups excluding carboxylic acids is 1. The number of benzene rings is 1. The molecule has 0 unspecified atom stereocenters. The lowest BCUT2D eigenvalue weighted by Gasteiger charge is -2.12. The van der Waals surface area contributed by atoms with Gasteiger partial charge < -0.3 is 5.32 Å². The first-order valence-corrected chi connectivity index (χ1v) is 10.2. The summed E-state index contributed by atoms with van der Waals surface area (Å²) in [6.07, 6.45) is 1.80. The van der Waals surface area contributed by atoms with Gasteiger partial charge in [0.05, 0.1) is 10.9 Å². The molecule has 8 heteroatoms. The van der Waals surface area contributed by atoms with Crippen molar-refractivity contribution in [3.63, 3.8) is 0 Å². The van der Waals surface area contributed by atoms with Gasteiger partial charge in [-0.05, 0) is 26.3 Å². The number of nitrogens with one attached hydrogen (secondary N) is 1. The summed E-state index contributed by atoms with van der Waals surface area (Å²) in [5, 5.41) is 14.4. The number of aryl methyl sites for hydroxylation is 2. The summed E-state index contributed by atoms with van der Waals surface area (Å²) in [6.45, 7) is 10.2. The van der Waals surface area contributed by atoms with E-state index in [1.807, 2.05) is 55.0 Å². The average Bonchev–Trinajstić information content (AvgIpc) is 3.22. The van der Waals surface area contributed by atoms with Crippen molar-refractivity contribution in [2.45, 2.75) is 37.7 Å². The Morgan fingerprint density at radius 1 is 1.37 bits per heavy atom. The highest BCUT2D eigenvalue weighted by atomic mass is 32.2. The SMILES string of the molecule is C=CCn1c(S[C@H](C)C(=O)Nc2nc(C)cs2)nnc1-c1ccccc1C. The molecule has 1 amide bonds. The van der Waals surface area contributed by atoms with E-state index in [1.54, 1.807) is 6.08 Å². The van der Waals surface area contributed by atoms with E-state index in [4.69, 9.17) is 0 Å². The Hall–Kier alpha value is -2.45. The Bertz CT molecular complexity index is 963. The number of hydrogen-bond acceptors (Lipinski definition) is 6. The Labute approximate surface area is 166 Å². The normalized spacial score (nSPS) is 12.0. The lowest BCUT2D eigenvalue weighted by molar-refractivity contribution is -0.115. The summed E-state index contributed by atoms with van der Waals surface area (Å²) >= 11 is 2.79. The van der Waals surface area contributed by atoms with Crippen molar-refractivity contribution in [3.8, 4) is 11.4 Å². The number of carbonyl (C=O) groups is 1. The van der Waals surface area contributed by atoms with E-state index in [-0.39, 0.29) is 11.2 Å². The molecule has 2 aromatic heterocycles. The molecule has 0 aliphatic heterocycles. The van der Waals surface area contributed by atoms with Gasteiger partial charge in [-0.1, -0.05) is 42.1 Å². The average molecular weight is 400 g/mol. The number of allylic oxidation sites excluding steroid dienone is 1. The summed E-state index contributed by atoms with van der Waals surface area (Å²) in [5.41, 5.74) is 3.04. The van der Waals surface area contributed by atoms with E-state index in [1.165, 1.54) is 23.1 Å². The van der Waals surface area contributed by atoms with Crippen LogP contribution in [-0.2, 0) is 11.3 Å². The quantitative estimate of drug-likeness (QED) is 0.473. The zero-order valence-corrected chi connectivity index (χ0v) is 17.1. The number of rotatable bonds is 7. The van der Waals surface area contributed by atoms with Crippen molar-refractivity contribution in [2.24, 2.45) is 0 Å². The molecular weight excluding hydrogens is 378 g/mol. The standard InChI is InChI=1S/C19H21N5OS2/c1-5-10-24-16(15-9-7-6-8-12(15)2)22-23-19(24)27-14(4)17(25)21-18-20-13(3)11-26-18/h5-9,11,14H,1,10H2,2-4H3,(H,20,21,25)/t14-/m1/s1. The summed E-state index contributed by atoms with van der Waals surface area (Å²) in [5.74, 6) is 0.665. The largest absolute Gasteiger partial charge is 0.301 e. The lowest BCUT2D eigenvalue weighted by atomic mass is 10.1. The first-order valence-electron chi connectivity index (χ1n) is 8.49. The zero-order valence-electron chi connectivity index (χ0n) is 15.5. The van der Waals surface area contributed by atoms with Gasteiger partial charge >= 0.3 is 0 Å². The molecule has 1 aromatic carbocycles. The van der Waals surface area contributed by atoms with Gasteiger partial charge in [-0.25, -0.2) is 4.98 Å². The van der Waals surface area contributed by atoms with Crippen LogP contribution in [0.15, 0.2) is 47.5 Å². The molecule has 1 atom stereocenters. The van der Waals surface area contributed by atoms with Crippen LogP contribution in [-0.4, -0.2) is 30.9 Å². The molecule has 0 fully saturated rings. The van der Waals surface area contributed by atoms with Crippen LogP contribution < -0.4 is 5.32 Å². The highest BCUT2D eigenvalue weighted by molar-refractivity contribution is 8.00. The maximum atomic E-state index is 12.5. The van der Waals surface area contributed by atoms with Crippen LogP contribution in [0.1, 0.15) is 18.2 Å². The van der Waals surface area contributed by atoms with E-state index < -0.39 is 0 Å². The first kappa shape index (κ1) is 19.3. The van der Waals surface area contributed by atoms with Gasteiger partial charge in [0.2, 0.25) is 5.91 Å². The predicted molar refractivity (Wildman–Crippen MR) is 111 cm³/mol. The molecule has 3 aromatic rings. The van der Waals surface area contributed by atoms with E-state index in [2.05, 4.69) is 27.1 Å². The van der Waals surface area contributed by atoms with Gasteiger partial charge in [-0.3, -0.25) is 9.36 Å². The highest BCUT2D eigenvalue weighted by Gasteiger charge is 2.21. The fraction of sp³-hybridized carbons (Fsp3) is 0.263. The molecule has 0 saturated carbocycles. The van der Waals surface area contributed by atoms with Crippen molar-refractivity contribution < 1.29 is 4.79 Å². The molecule has 1 N–H and O–H groups in total. The third-order valence-corrected chi connectivity index (χ3v) is 5.87. The highest BCUT2D eigenvalue weighted by Crippen LogP contribution is 2.29. The van der Waals surface area contributed by atoms with E-state index in [9.17, 15) is 4.79 Å². The van der Waals surface area contributed by atoms with Crippen LogP contribution in [0.25, 0.3) is 11.4 Å². The van der Waals surface area contributed by atoms with Gasteiger partial charge in [0.1, 0.15) is 0 Å². The van der Waals surface area contributed by atoms with E-state index >= 15 is 0 Å². The smallest absolute Gasteiger partial charge is 0.239 e. The van der Waals surface area contributed by atoms with Crippen LogP contribution in [0.5, 0.6) is 0 Å². The Morgan fingerprint density at radius 2 is 2.15 bits per heavy atom. The Kier molecular flexibility index (Phi) is 6.08. The van der Waals surface area contributed by atoms with Crippen molar-refractivity contribution in [1.82, 2.24) is 19.7 Å². The van der Waals surface area contributed by atoms with Crippen LogP contribution >= 0.6 is 23.1 Å². The maximum Gasteiger partial charge on any atom is 0.239 e. The first-order chi connectivity index (χ1) is 13.0. The van der Waals surface area contributed by atoms with Gasteiger partial charge in [0.25, 0.3) is 0 Å². The van der Waals surface area contributed by atoms with E-state index in [0.29, 0.717) is 16.8 Å². The minimum atomic E-state index is -0.341. The summed E-state index contributed by atoms with van der Waals surface area (Å²) < 4.78 is 1.98. The van der Waals surface area contributed by atoms with E-state index in [0.717, 1.165) is 22.6 Å². The number of thiazole rings is 1. The number of hydrogen-bond donors (Lipinski definition) is 1. The van der Waals surface area contributed by atoms with Gasteiger partial charge in [0, 0.05) is 17.5 Å². The van der Waals surface area contributed by atoms with Crippen molar-refractivity contribution >= 4 is 34.1 Å². The molecule has 0 bridgehead atoms. The number of amides is 1. The van der Waals surface area contributed by atoms with Crippen LogP contribution in [0.4, 0.5) is 5.13 Å². The second-order valence-corrected chi connectivity index (χ2v) is 8.23. The fourth-order valence-corrected chi connectivity index (χ4v) is 4.07. The summed E-state index contributed by atoms with van der Waals surface area (Å²) in [4.78, 5) is 16.8. The maximum absolute atomic E-state index is 12.5. The number of thioether (sulfide) groups is 1. The van der Waals surface area contributed by atoms with Crippen molar-refractivity contribution in [2.75, 3.05) is 5.32 Å². The monoisotopic (exact) mass is 399 g/mol. The molecule has 6 nitrogen and oxygen atoms in total. The molecular formula is C19H21N5OS2. The molecule has 0 aliphatic rings. The minimum absolute atomic E-state index is 0.111. The van der Waals surface area contributed by atoms with Crippen molar-refractivity contribution in [1.29, 1.82) is 0 Å². The Morgan fingerprint density at radius 3 is 2.81 bits per heavy atom. The number of aromatic nitrogens is 4. The third-order valence-electron chi connectivity index (χ3n) is 3.92. The number of nitrogens with zero attached hydrogens (tertiary/aromatic N) is 4. The Balaban J connectivity index is 1.81. The molecule has 27 heavy (non-hydrogen) atoms. The molecule has 0 radical (unpaired) electrons. The van der Waals surface area contributed by atoms with Crippen LogP contribution in [0.2, 0.25) is 0 Å². The van der Waals surface area contributed by atoms with Crippen molar-refractivity contribution in [3.05, 3.63) is 53.6 Å². The third kappa shape index (κ3) is 4.45. The van der Waals surface area contributed by atoms with Crippen LogP contribution in [0.3, 0.4) is 0 Å². The molecule has 0 spiro atoms. The molecule has 140 valence electrons. The molecule has 0 saturated heterocycles. The second-order valence-electron chi connectivity index (χ2n) is 6.06. The van der Waals surface area contributed by atoms with Gasteiger partial charge in [-0.15, -0.1) is 28.1 Å².